The van der Waals surface area contributed by atoms with E-state index in [0.29, 0.717) is 34.8 Å². The minimum Gasteiger partial charge on any atom is -0.497 e. The molecule has 0 aliphatic rings. The standard InChI is InChI=1S/C25H26BrCl2NO3/c1-3-31-24-14-19(15-29-11-10-17-4-7-20(30-2)8-5-17)12-21(26)25(24)32-16-18-6-9-22(27)23(28)13-18/h4-9,12-14,29H,3,10-11,15-16H2,1-2H3. The summed E-state index contributed by atoms with van der Waals surface area (Å²) in [5.41, 5.74) is 3.30. The first-order chi connectivity index (χ1) is 15.5. The number of nitrogens with one attached hydrogen (secondary N) is 1. The first kappa shape index (κ1) is 24.7. The van der Waals surface area contributed by atoms with Crippen LogP contribution in [0.3, 0.4) is 0 Å². The van der Waals surface area contributed by atoms with Crippen molar-refractivity contribution < 1.29 is 14.2 Å². The van der Waals surface area contributed by atoms with Crippen LogP contribution in [0.15, 0.2) is 59.1 Å². The van der Waals surface area contributed by atoms with Crippen molar-refractivity contribution in [3.8, 4) is 17.2 Å². The van der Waals surface area contributed by atoms with Gasteiger partial charge in [-0.05, 0) is 88.9 Å². The topological polar surface area (TPSA) is 39.7 Å². The normalized spacial score (nSPS) is 10.8. The van der Waals surface area contributed by atoms with Crippen molar-refractivity contribution in [2.24, 2.45) is 0 Å². The van der Waals surface area contributed by atoms with Crippen LogP contribution in [0.25, 0.3) is 0 Å². The van der Waals surface area contributed by atoms with Gasteiger partial charge in [-0.3, -0.25) is 0 Å². The monoisotopic (exact) mass is 537 g/mol. The fourth-order valence-corrected chi connectivity index (χ4v) is 4.09. The van der Waals surface area contributed by atoms with Gasteiger partial charge in [0.15, 0.2) is 11.5 Å². The van der Waals surface area contributed by atoms with Gasteiger partial charge in [0.25, 0.3) is 0 Å². The third kappa shape index (κ3) is 7.04. The van der Waals surface area contributed by atoms with E-state index in [1.165, 1.54) is 5.56 Å². The Hall–Kier alpha value is -1.92. The van der Waals surface area contributed by atoms with Crippen molar-refractivity contribution in [3.05, 3.63) is 85.8 Å². The van der Waals surface area contributed by atoms with Crippen LogP contribution in [0.1, 0.15) is 23.6 Å². The SMILES string of the molecule is CCOc1cc(CNCCc2ccc(OC)cc2)cc(Br)c1OCc1ccc(Cl)c(Cl)c1. The molecule has 0 amide bonds. The van der Waals surface area contributed by atoms with E-state index in [0.717, 1.165) is 40.9 Å². The molecule has 3 aromatic carbocycles. The third-order valence-electron chi connectivity index (χ3n) is 4.81. The van der Waals surface area contributed by atoms with Crippen LogP contribution >= 0.6 is 39.1 Å². The third-order valence-corrected chi connectivity index (χ3v) is 6.14. The minimum atomic E-state index is 0.356. The van der Waals surface area contributed by atoms with E-state index in [2.05, 4.69) is 33.4 Å². The predicted molar refractivity (Wildman–Crippen MR) is 135 cm³/mol. The highest BCUT2D eigenvalue weighted by Crippen LogP contribution is 2.37. The zero-order chi connectivity index (χ0) is 22.9. The van der Waals surface area contributed by atoms with Gasteiger partial charge < -0.3 is 19.5 Å². The molecule has 7 heteroatoms. The Kier molecular flexibility index (Phi) is 9.54. The van der Waals surface area contributed by atoms with E-state index in [4.69, 9.17) is 37.4 Å². The van der Waals surface area contributed by atoms with E-state index >= 15 is 0 Å². The minimum absolute atomic E-state index is 0.356. The first-order valence-corrected chi connectivity index (χ1v) is 11.9. The second-order valence-corrected chi connectivity index (χ2v) is 8.82. The summed E-state index contributed by atoms with van der Waals surface area (Å²) < 4.78 is 17.9. The number of halogens is 3. The molecular formula is C25H26BrCl2NO3. The van der Waals surface area contributed by atoms with Gasteiger partial charge in [-0.25, -0.2) is 0 Å². The van der Waals surface area contributed by atoms with Crippen LogP contribution in [0.5, 0.6) is 17.2 Å². The Bertz CT molecular complexity index is 1030. The second-order valence-electron chi connectivity index (χ2n) is 7.15. The maximum atomic E-state index is 6.11. The molecule has 32 heavy (non-hydrogen) atoms. The molecule has 0 aromatic heterocycles. The van der Waals surface area contributed by atoms with Crippen LogP contribution < -0.4 is 19.5 Å². The van der Waals surface area contributed by atoms with Crippen LogP contribution in [0, 0.1) is 0 Å². The molecule has 0 unspecified atom stereocenters. The molecule has 0 aliphatic heterocycles. The molecule has 0 spiro atoms. The van der Waals surface area contributed by atoms with Gasteiger partial charge in [-0.1, -0.05) is 41.4 Å². The summed E-state index contributed by atoms with van der Waals surface area (Å²) >= 11 is 15.7. The summed E-state index contributed by atoms with van der Waals surface area (Å²) in [4.78, 5) is 0. The van der Waals surface area contributed by atoms with Crippen molar-refractivity contribution >= 4 is 39.1 Å². The van der Waals surface area contributed by atoms with Gasteiger partial charge >= 0.3 is 0 Å². The Labute approximate surface area is 207 Å². The van der Waals surface area contributed by atoms with Crippen LogP contribution in [-0.2, 0) is 19.6 Å². The summed E-state index contributed by atoms with van der Waals surface area (Å²) in [7, 11) is 1.68. The molecule has 3 rings (SSSR count). The van der Waals surface area contributed by atoms with Crippen molar-refractivity contribution in [2.45, 2.75) is 26.5 Å². The summed E-state index contributed by atoms with van der Waals surface area (Å²) in [5, 5.41) is 4.52. The molecule has 0 heterocycles. The summed E-state index contributed by atoms with van der Waals surface area (Å²) in [6, 6.07) is 17.7. The highest BCUT2D eigenvalue weighted by Gasteiger charge is 2.13. The molecule has 0 atom stereocenters. The fourth-order valence-electron chi connectivity index (χ4n) is 3.17. The van der Waals surface area contributed by atoms with Gasteiger partial charge in [-0.15, -0.1) is 0 Å². The first-order valence-electron chi connectivity index (χ1n) is 10.4. The highest BCUT2D eigenvalue weighted by molar-refractivity contribution is 9.10. The molecule has 0 saturated carbocycles. The Morgan fingerprint density at radius 3 is 2.31 bits per heavy atom. The van der Waals surface area contributed by atoms with Crippen molar-refractivity contribution in [3.63, 3.8) is 0 Å². The fraction of sp³-hybridized carbons (Fsp3) is 0.280. The molecule has 4 nitrogen and oxygen atoms in total. The number of methoxy groups -OCH3 is 1. The van der Waals surface area contributed by atoms with Crippen molar-refractivity contribution in [1.82, 2.24) is 5.32 Å². The molecular weight excluding hydrogens is 513 g/mol. The number of hydrogen-bond donors (Lipinski definition) is 1. The summed E-state index contributed by atoms with van der Waals surface area (Å²) in [5.74, 6) is 2.24. The summed E-state index contributed by atoms with van der Waals surface area (Å²) in [6.45, 7) is 4.45. The molecule has 1 N–H and O–H groups in total. The lowest BCUT2D eigenvalue weighted by Crippen LogP contribution is -2.17. The van der Waals surface area contributed by atoms with Gasteiger partial charge in [0.05, 0.1) is 28.2 Å². The molecule has 0 fully saturated rings. The van der Waals surface area contributed by atoms with Gasteiger partial charge in [0, 0.05) is 6.54 Å². The molecule has 0 aliphatic carbocycles. The lowest BCUT2D eigenvalue weighted by Gasteiger charge is -2.16. The van der Waals surface area contributed by atoms with Gasteiger partial charge in [0.1, 0.15) is 12.4 Å². The Balaban J connectivity index is 1.60. The molecule has 3 aromatic rings. The average Bonchev–Trinajstić information content (AvgIpc) is 2.79. The van der Waals surface area contributed by atoms with Crippen LogP contribution in [0.2, 0.25) is 10.0 Å². The second kappa shape index (κ2) is 12.4. The van der Waals surface area contributed by atoms with E-state index in [1.54, 1.807) is 19.2 Å². The van der Waals surface area contributed by atoms with E-state index < -0.39 is 0 Å². The quantitative estimate of drug-likeness (QED) is 0.265. The molecule has 170 valence electrons. The number of ether oxygens (including phenoxy) is 3. The zero-order valence-electron chi connectivity index (χ0n) is 18.1. The van der Waals surface area contributed by atoms with Gasteiger partial charge in [0.2, 0.25) is 0 Å². The molecule has 0 bridgehead atoms. The summed E-state index contributed by atoms with van der Waals surface area (Å²) in [6.07, 6.45) is 0.939. The van der Waals surface area contributed by atoms with Crippen LogP contribution in [-0.4, -0.2) is 20.3 Å². The Morgan fingerprint density at radius 2 is 1.62 bits per heavy atom. The lowest BCUT2D eigenvalue weighted by molar-refractivity contribution is 0.267. The average molecular weight is 539 g/mol. The molecule has 0 radical (unpaired) electrons. The number of benzene rings is 3. The maximum absolute atomic E-state index is 6.11. The van der Waals surface area contributed by atoms with Crippen molar-refractivity contribution in [1.29, 1.82) is 0 Å². The number of rotatable bonds is 11. The van der Waals surface area contributed by atoms with Gasteiger partial charge in [-0.2, -0.15) is 0 Å². The van der Waals surface area contributed by atoms with E-state index in [1.807, 2.05) is 37.3 Å². The smallest absolute Gasteiger partial charge is 0.175 e. The highest BCUT2D eigenvalue weighted by atomic mass is 79.9. The number of hydrogen-bond acceptors (Lipinski definition) is 4. The van der Waals surface area contributed by atoms with E-state index in [-0.39, 0.29) is 0 Å². The van der Waals surface area contributed by atoms with Crippen LogP contribution in [0.4, 0.5) is 0 Å². The lowest BCUT2D eigenvalue weighted by atomic mass is 10.1. The predicted octanol–water partition coefficient (Wildman–Crippen LogP) is 7.07. The van der Waals surface area contributed by atoms with Crippen molar-refractivity contribution in [2.75, 3.05) is 20.3 Å². The maximum Gasteiger partial charge on any atom is 0.175 e. The van der Waals surface area contributed by atoms with E-state index in [9.17, 15) is 0 Å². The molecule has 0 saturated heterocycles. The Morgan fingerprint density at radius 1 is 0.875 bits per heavy atom. The largest absolute Gasteiger partial charge is 0.497 e. The zero-order valence-corrected chi connectivity index (χ0v) is 21.2.